The summed E-state index contributed by atoms with van der Waals surface area (Å²) in [7, 11) is 0. The molecule has 5 heterocycles. The highest BCUT2D eigenvalue weighted by Gasteiger charge is 2.30. The van der Waals surface area contributed by atoms with E-state index in [9.17, 15) is 18.4 Å². The molecule has 1 saturated carbocycles. The molecule has 1 aromatic carbocycles. The molecule has 0 radical (unpaired) electrons. The van der Waals surface area contributed by atoms with Crippen molar-refractivity contribution in [2.24, 2.45) is 0 Å². The summed E-state index contributed by atoms with van der Waals surface area (Å²) in [4.78, 5) is 40.3. The quantitative estimate of drug-likeness (QED) is 0.151. The lowest BCUT2D eigenvalue weighted by molar-refractivity contribution is 0.0385. The van der Waals surface area contributed by atoms with E-state index in [4.69, 9.17) is 14.8 Å². The predicted octanol–water partition coefficient (Wildman–Crippen LogP) is 6.46. The number of ether oxygens (including phenoxy) is 1. The number of amides is 1. The highest BCUT2D eigenvalue weighted by Crippen LogP contribution is 2.36. The molecule has 0 spiro atoms. The Labute approximate surface area is 264 Å². The van der Waals surface area contributed by atoms with Crippen LogP contribution in [-0.4, -0.2) is 65.1 Å². The molecule has 0 N–H and O–H groups in total. The van der Waals surface area contributed by atoms with E-state index in [0.29, 0.717) is 48.7 Å². The third kappa shape index (κ3) is 6.24. The first-order chi connectivity index (χ1) is 22.4. The molecule has 0 atom stereocenters. The summed E-state index contributed by atoms with van der Waals surface area (Å²) in [5.74, 6) is -1.34. The summed E-state index contributed by atoms with van der Waals surface area (Å²) in [6.45, 7) is 1.12. The van der Waals surface area contributed by atoms with Crippen molar-refractivity contribution in [1.82, 2.24) is 34.0 Å². The number of likely N-dealkylation sites (tertiary alicyclic amines) is 1. The average Bonchev–Trinajstić information content (AvgIpc) is 3.69. The largest absolute Gasteiger partial charge is 0.446 e. The normalized spacial score (nSPS) is 16.2. The van der Waals surface area contributed by atoms with Crippen molar-refractivity contribution >= 4 is 17.5 Å². The molecule has 0 bridgehead atoms. The number of ketones is 1. The van der Waals surface area contributed by atoms with Crippen molar-refractivity contribution in [2.75, 3.05) is 13.1 Å². The molecule has 2 aliphatic rings. The number of fused-ring (bicyclic) bond motifs is 1. The van der Waals surface area contributed by atoms with E-state index in [1.165, 1.54) is 30.8 Å². The molecule has 236 valence electrons. The fraction of sp³-hybridized carbons (Fsp3) is 0.353. The maximum absolute atomic E-state index is 13.8. The van der Waals surface area contributed by atoms with E-state index in [0.717, 1.165) is 43.0 Å². The molecule has 4 aromatic heterocycles. The zero-order valence-corrected chi connectivity index (χ0v) is 25.2. The monoisotopic (exact) mass is 625 g/mol. The van der Waals surface area contributed by atoms with Gasteiger partial charge >= 0.3 is 6.09 Å². The summed E-state index contributed by atoms with van der Waals surface area (Å²) in [6.07, 6.45) is 11.2. The van der Waals surface area contributed by atoms with Gasteiger partial charge in [0.1, 0.15) is 17.6 Å². The van der Waals surface area contributed by atoms with E-state index in [1.54, 1.807) is 34.1 Å². The minimum Gasteiger partial charge on any atom is -0.446 e. The lowest BCUT2D eigenvalue weighted by Gasteiger charge is -2.34. The number of Topliss-reactive ketones (excluding diaryl/α,β-unsaturated/α-hetero) is 1. The van der Waals surface area contributed by atoms with Crippen molar-refractivity contribution in [2.45, 2.75) is 63.5 Å². The second-order valence-corrected chi connectivity index (χ2v) is 11.9. The van der Waals surface area contributed by atoms with E-state index in [1.807, 2.05) is 12.1 Å². The molecule has 0 unspecified atom stereocenters. The Balaban J connectivity index is 1.15. The van der Waals surface area contributed by atoms with Gasteiger partial charge < -0.3 is 14.2 Å². The Bertz CT molecular complexity index is 1870. The Kier molecular flexibility index (Phi) is 8.25. The fourth-order valence-corrected chi connectivity index (χ4v) is 6.42. The van der Waals surface area contributed by atoms with Gasteiger partial charge in [0.2, 0.25) is 5.95 Å². The molecule has 1 aliphatic carbocycles. The van der Waals surface area contributed by atoms with Crippen molar-refractivity contribution < 1.29 is 23.1 Å². The number of benzene rings is 1. The number of aromatic nitrogens is 6. The minimum atomic E-state index is -0.717. The number of carbonyl (C=O) groups excluding carboxylic acids is 2. The van der Waals surface area contributed by atoms with Gasteiger partial charge in [0.25, 0.3) is 0 Å². The van der Waals surface area contributed by atoms with Crippen LogP contribution < -0.4 is 0 Å². The van der Waals surface area contributed by atoms with Gasteiger partial charge in [0.15, 0.2) is 11.4 Å². The van der Waals surface area contributed by atoms with E-state index < -0.39 is 5.95 Å². The standard InChI is InChI=1S/C34H33F2N7O3/c35-24-8-6-22(7-9-24)32-33(42(21-38-32)26-13-16-41(17-14-26)34(45)46-27-4-2-1-3-5-27)28-10-11-31-39-25(20-43(31)40-28)19-29(44)23-12-15-37-30(36)18-23/h6-12,15,18,20-21,26-27H,1-5,13-14,16-17,19H2. The first-order valence-corrected chi connectivity index (χ1v) is 15.7. The van der Waals surface area contributed by atoms with Crippen molar-refractivity contribution in [3.05, 3.63) is 90.3 Å². The van der Waals surface area contributed by atoms with Gasteiger partial charge in [-0.3, -0.25) is 4.79 Å². The molecule has 5 aromatic rings. The Morgan fingerprint density at radius 2 is 1.70 bits per heavy atom. The molecule has 46 heavy (non-hydrogen) atoms. The Morgan fingerprint density at radius 1 is 0.913 bits per heavy atom. The molecule has 1 saturated heterocycles. The Hall–Kier alpha value is -5.00. The number of piperidine rings is 1. The summed E-state index contributed by atoms with van der Waals surface area (Å²) >= 11 is 0. The van der Waals surface area contributed by atoms with E-state index in [-0.39, 0.29) is 41.8 Å². The van der Waals surface area contributed by atoms with Gasteiger partial charge in [-0.25, -0.2) is 28.7 Å². The number of pyridine rings is 1. The molecule has 12 heteroatoms. The van der Waals surface area contributed by atoms with Crippen LogP contribution in [0.15, 0.2) is 67.3 Å². The van der Waals surface area contributed by atoms with Gasteiger partial charge in [-0.2, -0.15) is 9.49 Å². The third-order valence-corrected chi connectivity index (χ3v) is 8.85. The first kappa shape index (κ1) is 29.7. The zero-order valence-electron chi connectivity index (χ0n) is 25.2. The van der Waals surface area contributed by atoms with Crippen LogP contribution in [0.4, 0.5) is 13.6 Å². The van der Waals surface area contributed by atoms with Crippen LogP contribution in [0, 0.1) is 11.8 Å². The average molecular weight is 626 g/mol. The summed E-state index contributed by atoms with van der Waals surface area (Å²) in [6, 6.07) is 12.5. The molecule has 1 amide bonds. The number of halogens is 2. The van der Waals surface area contributed by atoms with Gasteiger partial charge in [-0.05, 0) is 81.0 Å². The lowest BCUT2D eigenvalue weighted by Crippen LogP contribution is -2.41. The van der Waals surface area contributed by atoms with Crippen LogP contribution in [0.2, 0.25) is 0 Å². The van der Waals surface area contributed by atoms with Crippen molar-refractivity contribution in [1.29, 1.82) is 0 Å². The number of imidazole rings is 2. The van der Waals surface area contributed by atoms with Crippen LogP contribution in [0.25, 0.3) is 28.3 Å². The van der Waals surface area contributed by atoms with Gasteiger partial charge in [0.05, 0.1) is 36.0 Å². The SMILES string of the molecule is O=C(Cc1cn2nc(-c3c(-c4ccc(F)cc4)ncn3C3CCN(C(=O)OC4CCCCC4)CC3)ccc2n1)c1ccnc(F)c1. The fourth-order valence-electron chi connectivity index (χ4n) is 6.42. The third-order valence-electron chi connectivity index (χ3n) is 8.85. The molecular weight excluding hydrogens is 592 g/mol. The summed E-state index contributed by atoms with van der Waals surface area (Å²) < 4.78 is 36.9. The molecule has 1 aliphatic heterocycles. The summed E-state index contributed by atoms with van der Waals surface area (Å²) in [5, 5.41) is 4.85. The second kappa shape index (κ2) is 12.8. The number of hydrogen-bond acceptors (Lipinski definition) is 7. The minimum absolute atomic E-state index is 0.0129. The number of carbonyl (C=O) groups is 2. The van der Waals surface area contributed by atoms with Crippen molar-refractivity contribution in [3.8, 4) is 22.6 Å². The maximum atomic E-state index is 13.8. The van der Waals surface area contributed by atoms with Crippen LogP contribution in [-0.2, 0) is 11.2 Å². The number of nitrogens with zero attached hydrogens (tertiary/aromatic N) is 7. The van der Waals surface area contributed by atoms with Crippen LogP contribution >= 0.6 is 0 Å². The predicted molar refractivity (Wildman–Crippen MR) is 165 cm³/mol. The number of rotatable bonds is 7. The topological polar surface area (TPSA) is 108 Å². The second-order valence-electron chi connectivity index (χ2n) is 11.9. The van der Waals surface area contributed by atoms with Crippen LogP contribution in [0.5, 0.6) is 0 Å². The lowest BCUT2D eigenvalue weighted by atomic mass is 9.98. The molecular formula is C34H33F2N7O3. The summed E-state index contributed by atoms with van der Waals surface area (Å²) in [5.41, 5.74) is 4.04. The Morgan fingerprint density at radius 3 is 2.46 bits per heavy atom. The first-order valence-electron chi connectivity index (χ1n) is 15.7. The smallest absolute Gasteiger partial charge is 0.410 e. The zero-order chi connectivity index (χ0) is 31.6. The highest BCUT2D eigenvalue weighted by atomic mass is 19.1. The van der Waals surface area contributed by atoms with Gasteiger partial charge in [-0.15, -0.1) is 0 Å². The van der Waals surface area contributed by atoms with Crippen LogP contribution in [0.3, 0.4) is 0 Å². The van der Waals surface area contributed by atoms with Crippen molar-refractivity contribution in [3.63, 3.8) is 0 Å². The molecule has 2 fully saturated rings. The number of hydrogen-bond donors (Lipinski definition) is 0. The van der Waals surface area contributed by atoms with E-state index >= 15 is 0 Å². The molecule has 7 rings (SSSR count). The highest BCUT2D eigenvalue weighted by molar-refractivity contribution is 5.97. The van der Waals surface area contributed by atoms with E-state index in [2.05, 4.69) is 14.5 Å². The van der Waals surface area contributed by atoms with Gasteiger partial charge in [0, 0.05) is 42.5 Å². The molecule has 10 nitrogen and oxygen atoms in total. The van der Waals surface area contributed by atoms with Crippen LogP contribution in [0.1, 0.15) is 67.0 Å². The van der Waals surface area contributed by atoms with Gasteiger partial charge in [-0.1, -0.05) is 6.42 Å². The maximum Gasteiger partial charge on any atom is 0.410 e.